The van der Waals surface area contributed by atoms with Crippen molar-refractivity contribution < 1.29 is 14.3 Å². The van der Waals surface area contributed by atoms with Crippen LogP contribution in [0, 0.1) is 13.8 Å². The molecule has 150 valence electrons. The standard InChI is InChI=1S/C21H24BrClN2O3/c1-13-9-17(10-14(2)20(13)22)28-12-19(26)25(15(3)21(27)24-4)11-16-7-5-6-8-18(16)23/h5-10,15H,11-12H2,1-4H3,(H,24,27)/t15-/m1/s1. The molecular formula is C21H24BrClN2O3. The van der Waals surface area contributed by atoms with Gasteiger partial charge >= 0.3 is 0 Å². The normalized spacial score (nSPS) is 11.6. The van der Waals surface area contributed by atoms with Crippen molar-refractivity contribution in [2.75, 3.05) is 13.7 Å². The zero-order valence-corrected chi connectivity index (χ0v) is 18.7. The lowest BCUT2D eigenvalue weighted by Gasteiger charge is -2.28. The number of ether oxygens (including phenoxy) is 1. The summed E-state index contributed by atoms with van der Waals surface area (Å²) in [6.07, 6.45) is 0. The van der Waals surface area contributed by atoms with Gasteiger partial charge in [0.25, 0.3) is 5.91 Å². The van der Waals surface area contributed by atoms with E-state index in [1.165, 1.54) is 4.90 Å². The fourth-order valence-electron chi connectivity index (χ4n) is 2.82. The minimum atomic E-state index is -0.661. The largest absolute Gasteiger partial charge is 0.484 e. The molecule has 0 bridgehead atoms. The molecular weight excluding hydrogens is 444 g/mol. The van der Waals surface area contributed by atoms with Crippen LogP contribution >= 0.6 is 27.5 Å². The highest BCUT2D eigenvalue weighted by molar-refractivity contribution is 9.10. The van der Waals surface area contributed by atoms with Crippen LogP contribution in [0.4, 0.5) is 0 Å². The molecule has 0 aliphatic carbocycles. The first-order chi connectivity index (χ1) is 13.2. The molecule has 0 saturated carbocycles. The fraction of sp³-hybridized carbons (Fsp3) is 0.333. The van der Waals surface area contributed by atoms with Crippen molar-refractivity contribution in [1.29, 1.82) is 0 Å². The number of hydrogen-bond donors (Lipinski definition) is 1. The van der Waals surface area contributed by atoms with Gasteiger partial charge in [-0.2, -0.15) is 0 Å². The molecule has 0 aliphatic rings. The molecule has 0 heterocycles. The Balaban J connectivity index is 2.19. The van der Waals surface area contributed by atoms with E-state index in [1.54, 1.807) is 20.0 Å². The lowest BCUT2D eigenvalue weighted by Crippen LogP contribution is -2.48. The molecule has 0 aromatic heterocycles. The Labute approximate surface area is 179 Å². The number of carbonyl (C=O) groups excluding carboxylic acids is 2. The highest BCUT2D eigenvalue weighted by Crippen LogP contribution is 2.26. The zero-order chi connectivity index (χ0) is 20.8. The Kier molecular flexibility index (Phi) is 7.89. The van der Waals surface area contributed by atoms with Crippen molar-refractivity contribution >= 4 is 39.3 Å². The first kappa shape index (κ1) is 22.2. The maximum atomic E-state index is 12.9. The molecule has 2 rings (SSSR count). The van der Waals surface area contributed by atoms with Crippen LogP contribution in [0.5, 0.6) is 5.75 Å². The number of amides is 2. The van der Waals surface area contributed by atoms with Crippen molar-refractivity contribution in [2.45, 2.75) is 33.4 Å². The molecule has 28 heavy (non-hydrogen) atoms. The summed E-state index contributed by atoms with van der Waals surface area (Å²) in [6, 6.07) is 10.3. The van der Waals surface area contributed by atoms with Gasteiger partial charge in [0.2, 0.25) is 5.91 Å². The van der Waals surface area contributed by atoms with Crippen LogP contribution < -0.4 is 10.1 Å². The van der Waals surface area contributed by atoms with Crippen LogP contribution in [-0.2, 0) is 16.1 Å². The summed E-state index contributed by atoms with van der Waals surface area (Å²) in [5.74, 6) is 0.0572. The van der Waals surface area contributed by atoms with Crippen LogP contribution in [-0.4, -0.2) is 36.4 Å². The number of carbonyl (C=O) groups is 2. The molecule has 0 aliphatic heterocycles. The van der Waals surface area contributed by atoms with E-state index in [4.69, 9.17) is 16.3 Å². The highest BCUT2D eigenvalue weighted by atomic mass is 79.9. The van der Waals surface area contributed by atoms with Crippen LogP contribution in [0.2, 0.25) is 5.02 Å². The lowest BCUT2D eigenvalue weighted by molar-refractivity contribution is -0.142. The first-order valence-corrected chi connectivity index (χ1v) is 10.1. The number of nitrogens with zero attached hydrogens (tertiary/aromatic N) is 1. The van der Waals surface area contributed by atoms with Gasteiger partial charge in [0.05, 0.1) is 0 Å². The van der Waals surface area contributed by atoms with Crippen LogP contribution in [0.15, 0.2) is 40.9 Å². The van der Waals surface area contributed by atoms with Gasteiger partial charge in [-0.1, -0.05) is 45.7 Å². The number of benzene rings is 2. The Morgan fingerprint density at radius 2 is 1.82 bits per heavy atom. The monoisotopic (exact) mass is 466 g/mol. The molecule has 2 amide bonds. The van der Waals surface area contributed by atoms with Crippen molar-refractivity contribution in [2.24, 2.45) is 0 Å². The predicted molar refractivity (Wildman–Crippen MR) is 115 cm³/mol. The average molecular weight is 468 g/mol. The minimum Gasteiger partial charge on any atom is -0.484 e. The third-order valence-electron chi connectivity index (χ3n) is 4.48. The average Bonchev–Trinajstić information content (AvgIpc) is 2.68. The number of aryl methyl sites for hydroxylation is 2. The summed E-state index contributed by atoms with van der Waals surface area (Å²) < 4.78 is 6.73. The molecule has 0 spiro atoms. The van der Waals surface area contributed by atoms with Crippen LogP contribution in [0.25, 0.3) is 0 Å². The molecule has 0 unspecified atom stereocenters. The molecule has 1 N–H and O–H groups in total. The Hall–Kier alpha value is -2.05. The van der Waals surface area contributed by atoms with E-state index >= 15 is 0 Å². The topological polar surface area (TPSA) is 58.6 Å². The van der Waals surface area contributed by atoms with Gasteiger partial charge in [-0.15, -0.1) is 0 Å². The maximum absolute atomic E-state index is 12.9. The Morgan fingerprint density at radius 3 is 2.39 bits per heavy atom. The van der Waals surface area contributed by atoms with E-state index < -0.39 is 6.04 Å². The van der Waals surface area contributed by atoms with Crippen LogP contribution in [0.1, 0.15) is 23.6 Å². The van der Waals surface area contributed by atoms with Crippen molar-refractivity contribution in [3.05, 3.63) is 62.6 Å². The SMILES string of the molecule is CNC(=O)[C@@H](C)N(Cc1ccccc1Cl)C(=O)COc1cc(C)c(Br)c(C)c1. The van der Waals surface area contributed by atoms with Gasteiger partial charge in [-0.3, -0.25) is 9.59 Å². The zero-order valence-electron chi connectivity index (χ0n) is 16.4. The van der Waals surface area contributed by atoms with E-state index in [2.05, 4.69) is 21.2 Å². The van der Waals surface area contributed by atoms with Gasteiger partial charge in [0.15, 0.2) is 6.61 Å². The summed E-state index contributed by atoms with van der Waals surface area (Å²) in [7, 11) is 1.54. The van der Waals surface area contributed by atoms with Gasteiger partial charge in [0.1, 0.15) is 11.8 Å². The van der Waals surface area contributed by atoms with Gasteiger partial charge in [-0.25, -0.2) is 0 Å². The van der Waals surface area contributed by atoms with E-state index in [9.17, 15) is 9.59 Å². The summed E-state index contributed by atoms with van der Waals surface area (Å²) in [6.45, 7) is 5.65. The third-order valence-corrected chi connectivity index (χ3v) is 6.10. The second-order valence-electron chi connectivity index (χ2n) is 6.56. The van der Waals surface area contributed by atoms with Crippen molar-refractivity contribution in [3.63, 3.8) is 0 Å². The summed E-state index contributed by atoms with van der Waals surface area (Å²) in [5, 5.41) is 3.13. The van der Waals surface area contributed by atoms with Gasteiger partial charge < -0.3 is 15.0 Å². The predicted octanol–water partition coefficient (Wildman–Crippen LogP) is 4.26. The molecule has 0 radical (unpaired) electrons. The third kappa shape index (κ3) is 5.49. The maximum Gasteiger partial charge on any atom is 0.261 e. The van der Waals surface area contributed by atoms with E-state index in [1.807, 2.05) is 44.2 Å². The molecule has 0 saturated heterocycles. The molecule has 5 nitrogen and oxygen atoms in total. The minimum absolute atomic E-state index is 0.174. The molecule has 2 aromatic rings. The fourth-order valence-corrected chi connectivity index (χ4v) is 3.24. The summed E-state index contributed by atoms with van der Waals surface area (Å²) >= 11 is 9.76. The molecule has 1 atom stereocenters. The molecule has 2 aromatic carbocycles. The van der Waals surface area contributed by atoms with E-state index in [0.29, 0.717) is 10.8 Å². The number of hydrogen-bond acceptors (Lipinski definition) is 3. The number of likely N-dealkylation sites (N-methyl/N-ethyl adjacent to an activating group) is 1. The van der Waals surface area contributed by atoms with Gasteiger partial charge in [-0.05, 0) is 55.7 Å². The van der Waals surface area contributed by atoms with Gasteiger partial charge in [0, 0.05) is 23.1 Å². The molecule has 0 fully saturated rings. The summed E-state index contributed by atoms with van der Waals surface area (Å²) in [4.78, 5) is 26.5. The van der Waals surface area contributed by atoms with E-state index in [-0.39, 0.29) is 25.0 Å². The highest BCUT2D eigenvalue weighted by Gasteiger charge is 2.26. The van der Waals surface area contributed by atoms with E-state index in [0.717, 1.165) is 21.2 Å². The number of nitrogens with one attached hydrogen (secondary N) is 1. The second kappa shape index (κ2) is 9.94. The Bertz CT molecular complexity index is 849. The lowest BCUT2D eigenvalue weighted by atomic mass is 10.1. The van der Waals surface area contributed by atoms with Crippen molar-refractivity contribution in [1.82, 2.24) is 10.2 Å². The summed E-state index contributed by atoms with van der Waals surface area (Å²) in [5.41, 5.74) is 2.81. The molecule has 7 heteroatoms. The second-order valence-corrected chi connectivity index (χ2v) is 7.76. The number of rotatable bonds is 7. The first-order valence-electron chi connectivity index (χ1n) is 8.88. The number of halogens is 2. The smallest absolute Gasteiger partial charge is 0.261 e. The van der Waals surface area contributed by atoms with Crippen LogP contribution in [0.3, 0.4) is 0 Å². The van der Waals surface area contributed by atoms with Crippen molar-refractivity contribution in [3.8, 4) is 5.75 Å². The Morgan fingerprint density at radius 1 is 1.21 bits per heavy atom. The quantitative estimate of drug-likeness (QED) is 0.662.